The second-order valence-corrected chi connectivity index (χ2v) is 0. The van der Waals surface area contributed by atoms with E-state index in [9.17, 15) is 0 Å². The first-order chi connectivity index (χ1) is 1.00. The standard InChI is InChI=1S/Ag.Cd.Fe.In.Ni.O.Sb.Sn.Te. The molecule has 9 heavy (non-hydrogen) atoms. The Bertz CT molecular complexity index is 28.5. The van der Waals surface area contributed by atoms with Gasteiger partial charge in [-0.05, 0) is 0 Å². The molecule has 0 aromatic heterocycles. The van der Waals surface area contributed by atoms with E-state index in [0.717, 1.165) is 0 Å². The van der Waals surface area contributed by atoms with Crippen molar-refractivity contribution in [3.63, 3.8) is 0 Å². The van der Waals surface area contributed by atoms with Crippen molar-refractivity contribution in [2.24, 2.45) is 0 Å². The summed E-state index contributed by atoms with van der Waals surface area (Å²) in [6.45, 7) is 0. The average molecular weight is 834 g/mol. The molecular formula is AgCdFeInNiOSbSnTe. The van der Waals surface area contributed by atoms with Crippen LogP contribution >= 0.6 is 0 Å². The third kappa shape index (κ3) is 57.4. The normalized spacial score (nSPS) is 0.444. The smallest absolute Gasteiger partial charge is 0 e. The number of rotatable bonds is 0. The van der Waals surface area contributed by atoms with Crippen molar-refractivity contribution in [1.82, 2.24) is 0 Å². The van der Waals surface area contributed by atoms with Crippen molar-refractivity contribution >= 4 is 96.4 Å². The molecule has 55 valence electrons. The van der Waals surface area contributed by atoms with Gasteiger partial charge in [0.05, 0.1) is 0 Å². The van der Waals surface area contributed by atoms with Crippen LogP contribution in [0.5, 0.6) is 0 Å². The predicted molar refractivity (Wildman–Crippen MR) is 23.7 cm³/mol. The molecule has 0 saturated carbocycles. The van der Waals surface area contributed by atoms with Gasteiger partial charge in [0.1, 0.15) is 0 Å². The van der Waals surface area contributed by atoms with Gasteiger partial charge in [-0.2, -0.15) is 0 Å². The van der Waals surface area contributed by atoms with E-state index in [2.05, 4.69) is 0 Å². The summed E-state index contributed by atoms with van der Waals surface area (Å²) in [5.74, 6) is 0. The summed E-state index contributed by atoms with van der Waals surface area (Å²) in [7, 11) is 0. The molecule has 0 aliphatic carbocycles. The van der Waals surface area contributed by atoms with Crippen LogP contribution in [-0.2, 0) is 86.3 Å². The first-order valence-electron chi connectivity index (χ1n) is 0.204. The topological polar surface area (TPSA) is 17.1 Å². The molecule has 9 heteroatoms. The molecule has 0 aromatic carbocycles. The molecule has 11 radical (unpaired) electrons. The minimum absolute atomic E-state index is 0. The SMILES string of the molecule is [Ag].[Cd].[Fe].[In].[Ni].[O]=[Sn].[Sb].[Te]. The Kier molecular flexibility index (Phi) is 460. The molecule has 0 unspecified atom stereocenters. The predicted octanol–water partition coefficient (Wildman–Crippen LogP) is -1.65. The molecule has 1 nitrogen and oxygen atoms in total. The van der Waals surface area contributed by atoms with Gasteiger partial charge in [0.15, 0.2) is 0 Å². The first-order valence-corrected chi connectivity index (χ1v) is 1.37. The van der Waals surface area contributed by atoms with Crippen LogP contribution in [0.1, 0.15) is 0 Å². The molecule has 0 saturated heterocycles. The van der Waals surface area contributed by atoms with Crippen LogP contribution in [-0.4, -0.2) is 96.4 Å². The Labute approximate surface area is 178 Å². The monoisotopic (exact) mass is 836 g/mol. The Morgan fingerprint density at radius 3 is 1.11 bits per heavy atom. The molecular weight excluding hydrogens is 834 g/mol. The van der Waals surface area contributed by atoms with Crippen LogP contribution in [0.15, 0.2) is 0 Å². The van der Waals surface area contributed by atoms with Gasteiger partial charge in [-0.15, -0.1) is 0 Å². The fraction of sp³-hybridized carbons (Fsp3) is 0. The van der Waals surface area contributed by atoms with Gasteiger partial charge in [-0.3, -0.25) is 0 Å². The van der Waals surface area contributed by atoms with Gasteiger partial charge in [0.2, 0.25) is 0 Å². The van der Waals surface area contributed by atoms with E-state index >= 15 is 0 Å². The van der Waals surface area contributed by atoms with Crippen LogP contribution in [0.3, 0.4) is 0 Å². The van der Waals surface area contributed by atoms with Gasteiger partial charge in [0.25, 0.3) is 0 Å². The Hall–Kier alpha value is 5.75. The van der Waals surface area contributed by atoms with Gasteiger partial charge in [-0.25, -0.2) is 0 Å². The second-order valence-electron chi connectivity index (χ2n) is 0. The summed E-state index contributed by atoms with van der Waals surface area (Å²) in [6, 6.07) is 0. The van der Waals surface area contributed by atoms with Crippen molar-refractivity contribution in [2.75, 3.05) is 0 Å². The molecule has 0 heterocycles. The zero-order valence-electron chi connectivity index (χ0n) is 4.02. The second kappa shape index (κ2) is 67.6. The van der Waals surface area contributed by atoms with Crippen LogP contribution in [0.2, 0.25) is 0 Å². The van der Waals surface area contributed by atoms with Crippen LogP contribution < -0.4 is 0 Å². The van der Waals surface area contributed by atoms with E-state index in [-0.39, 0.29) is 157 Å². The van der Waals surface area contributed by atoms with Gasteiger partial charge in [0, 0.05) is 157 Å². The summed E-state index contributed by atoms with van der Waals surface area (Å²) >= 11 is 0.300. The minimum Gasteiger partial charge on any atom is 0 e. The molecule has 0 bridgehead atoms. The maximum atomic E-state index is 8.34. The van der Waals surface area contributed by atoms with Crippen LogP contribution in [0.4, 0.5) is 0 Å². The van der Waals surface area contributed by atoms with Gasteiger partial charge < -0.3 is 0 Å². The molecule has 0 rings (SSSR count). The minimum atomic E-state index is 0. The largest absolute Gasteiger partial charge is 0 e. The number of hydrogen-bond donors (Lipinski definition) is 0. The molecule has 0 atom stereocenters. The van der Waals surface area contributed by atoms with Crippen molar-refractivity contribution in [3.8, 4) is 0 Å². The molecule has 0 aromatic rings. The third-order valence-corrected chi connectivity index (χ3v) is 0. The quantitative estimate of drug-likeness (QED) is 0.268. The Balaban J connectivity index is -0.000000000238. The molecule has 0 spiro atoms. The van der Waals surface area contributed by atoms with Crippen LogP contribution in [0, 0.1) is 0 Å². The van der Waals surface area contributed by atoms with Crippen molar-refractivity contribution < 1.29 is 86.3 Å². The van der Waals surface area contributed by atoms with Crippen molar-refractivity contribution in [3.05, 3.63) is 0 Å². The van der Waals surface area contributed by atoms with Crippen molar-refractivity contribution in [1.29, 1.82) is 0 Å². The van der Waals surface area contributed by atoms with E-state index in [1.807, 2.05) is 0 Å². The molecule has 0 aliphatic heterocycles. The van der Waals surface area contributed by atoms with Gasteiger partial charge >= 0.3 is 25.6 Å². The fourth-order valence-corrected chi connectivity index (χ4v) is 0. The third-order valence-electron chi connectivity index (χ3n) is 0. The average Bonchev–Trinajstić information content (AvgIpc) is 1.00. The maximum absolute atomic E-state index is 8.34. The Morgan fingerprint density at radius 1 is 1.11 bits per heavy atom. The molecule has 0 amide bonds. The first kappa shape index (κ1) is 61.2. The maximum Gasteiger partial charge on any atom is 0 e. The molecule has 0 aliphatic rings. The number of hydrogen-bond acceptors (Lipinski definition) is 1. The summed E-state index contributed by atoms with van der Waals surface area (Å²) in [5, 5.41) is 0. The molecule has 0 fully saturated rings. The van der Waals surface area contributed by atoms with Crippen molar-refractivity contribution in [2.45, 2.75) is 0 Å². The van der Waals surface area contributed by atoms with E-state index in [1.165, 1.54) is 0 Å². The van der Waals surface area contributed by atoms with E-state index in [0.29, 0.717) is 22.5 Å². The Morgan fingerprint density at radius 2 is 1.11 bits per heavy atom. The van der Waals surface area contributed by atoms with E-state index in [1.54, 1.807) is 0 Å². The summed E-state index contributed by atoms with van der Waals surface area (Å²) in [5.41, 5.74) is 0. The zero-order valence-corrected chi connectivity index (χ0v) is 22.7. The zero-order chi connectivity index (χ0) is 2.00. The summed E-state index contributed by atoms with van der Waals surface area (Å²) < 4.78 is 8.34. The van der Waals surface area contributed by atoms with Crippen LogP contribution in [0.25, 0.3) is 0 Å². The fourth-order valence-electron chi connectivity index (χ4n) is 0. The summed E-state index contributed by atoms with van der Waals surface area (Å²) in [4.78, 5) is 0. The van der Waals surface area contributed by atoms with E-state index < -0.39 is 0 Å². The van der Waals surface area contributed by atoms with Gasteiger partial charge in [-0.1, -0.05) is 0 Å². The molecule has 0 N–H and O–H groups in total. The van der Waals surface area contributed by atoms with E-state index in [4.69, 9.17) is 3.08 Å². The summed E-state index contributed by atoms with van der Waals surface area (Å²) in [6.07, 6.45) is 0.